The van der Waals surface area contributed by atoms with Crippen molar-refractivity contribution in [2.45, 2.75) is 33.4 Å². The van der Waals surface area contributed by atoms with E-state index in [4.69, 9.17) is 0 Å². The number of halogens is 1. The van der Waals surface area contributed by atoms with Crippen LogP contribution in [0.2, 0.25) is 0 Å². The summed E-state index contributed by atoms with van der Waals surface area (Å²) >= 11 is 1.60. The lowest BCUT2D eigenvalue weighted by atomic mass is 10.1. The number of benzene rings is 2. The predicted molar refractivity (Wildman–Crippen MR) is 117 cm³/mol. The summed E-state index contributed by atoms with van der Waals surface area (Å²) in [5.74, 6) is -0.0923. The van der Waals surface area contributed by atoms with Gasteiger partial charge in [0.2, 0.25) is 0 Å². The van der Waals surface area contributed by atoms with Gasteiger partial charge in [0, 0.05) is 36.5 Å². The summed E-state index contributed by atoms with van der Waals surface area (Å²) in [7, 11) is 0. The van der Waals surface area contributed by atoms with Gasteiger partial charge >= 0.3 is 0 Å². The molecule has 28 heavy (non-hydrogen) atoms. The van der Waals surface area contributed by atoms with E-state index in [0.29, 0.717) is 10.7 Å². The Bertz CT molecular complexity index is 971. The summed E-state index contributed by atoms with van der Waals surface area (Å²) in [6, 6.07) is 16.3. The van der Waals surface area contributed by atoms with Crippen molar-refractivity contribution in [2.75, 3.05) is 11.9 Å². The van der Waals surface area contributed by atoms with Gasteiger partial charge in [0.1, 0.15) is 0 Å². The monoisotopic (exact) mass is 413 g/mol. The maximum absolute atomic E-state index is 12.5. The molecule has 2 heterocycles. The molecule has 1 aliphatic rings. The Morgan fingerprint density at radius 2 is 1.93 bits per heavy atom. The molecule has 4 nitrogen and oxygen atoms in total. The number of hydrogen-bond acceptors (Lipinski definition) is 4. The van der Waals surface area contributed by atoms with E-state index in [1.165, 1.54) is 16.0 Å². The van der Waals surface area contributed by atoms with Gasteiger partial charge in [-0.3, -0.25) is 15.0 Å². The number of nitrogens with zero attached hydrogens (tertiary/aromatic N) is 2. The normalized spacial score (nSPS) is 13.5. The third-order valence-corrected chi connectivity index (χ3v) is 6.05. The van der Waals surface area contributed by atoms with Crippen LogP contribution in [0, 0.1) is 13.8 Å². The lowest BCUT2D eigenvalue weighted by molar-refractivity contribution is 0.102. The molecule has 2 aromatic carbocycles. The molecule has 4 rings (SSSR count). The minimum Gasteiger partial charge on any atom is -0.298 e. The molecule has 0 aliphatic carbocycles. The third-order valence-electron chi connectivity index (χ3n) is 5.05. The van der Waals surface area contributed by atoms with Crippen molar-refractivity contribution in [3.63, 3.8) is 0 Å². The highest BCUT2D eigenvalue weighted by molar-refractivity contribution is 7.15. The fourth-order valence-electron chi connectivity index (χ4n) is 3.33. The van der Waals surface area contributed by atoms with Crippen LogP contribution >= 0.6 is 23.7 Å². The number of carbonyl (C=O) groups is 1. The number of aromatic nitrogens is 1. The Hall–Kier alpha value is -2.21. The van der Waals surface area contributed by atoms with Crippen LogP contribution in [-0.4, -0.2) is 22.3 Å². The smallest absolute Gasteiger partial charge is 0.257 e. The van der Waals surface area contributed by atoms with E-state index < -0.39 is 0 Å². The van der Waals surface area contributed by atoms with Gasteiger partial charge in [-0.25, -0.2) is 4.98 Å². The van der Waals surface area contributed by atoms with Gasteiger partial charge in [-0.2, -0.15) is 0 Å². The van der Waals surface area contributed by atoms with Crippen LogP contribution in [0.15, 0.2) is 48.5 Å². The number of hydrogen-bond donors (Lipinski definition) is 1. The molecule has 0 fully saturated rings. The number of nitrogens with one attached hydrogen (secondary N) is 1. The van der Waals surface area contributed by atoms with Crippen molar-refractivity contribution < 1.29 is 4.79 Å². The van der Waals surface area contributed by atoms with Crippen molar-refractivity contribution in [2.24, 2.45) is 0 Å². The van der Waals surface area contributed by atoms with E-state index in [1.54, 1.807) is 11.3 Å². The fraction of sp³-hybridized carbons (Fsp3) is 0.273. The SMILES string of the molecule is Cc1ccc(C(=O)Nc2nc3c(s2)CN(Cc2ccccc2)CC3)cc1C.Cl. The Labute approximate surface area is 176 Å². The Kier molecular flexibility index (Phi) is 6.50. The topological polar surface area (TPSA) is 45.2 Å². The maximum Gasteiger partial charge on any atom is 0.257 e. The summed E-state index contributed by atoms with van der Waals surface area (Å²) in [4.78, 5) is 20.9. The average Bonchev–Trinajstić information content (AvgIpc) is 3.06. The van der Waals surface area contributed by atoms with Crippen molar-refractivity contribution in [1.29, 1.82) is 0 Å². The Morgan fingerprint density at radius 3 is 2.68 bits per heavy atom. The third kappa shape index (κ3) is 4.61. The van der Waals surface area contributed by atoms with E-state index in [1.807, 2.05) is 38.1 Å². The first kappa shape index (κ1) is 20.5. The van der Waals surface area contributed by atoms with Crippen LogP contribution in [0.4, 0.5) is 5.13 Å². The molecule has 0 bridgehead atoms. The van der Waals surface area contributed by atoms with Gasteiger partial charge in [0.15, 0.2) is 5.13 Å². The van der Waals surface area contributed by atoms with Gasteiger partial charge in [-0.05, 0) is 42.7 Å². The van der Waals surface area contributed by atoms with Gasteiger partial charge < -0.3 is 0 Å². The molecule has 0 saturated carbocycles. The average molecular weight is 414 g/mol. The number of aryl methyl sites for hydroxylation is 2. The largest absolute Gasteiger partial charge is 0.298 e. The van der Waals surface area contributed by atoms with Crippen LogP contribution in [0.1, 0.15) is 37.6 Å². The van der Waals surface area contributed by atoms with Crippen LogP contribution in [-0.2, 0) is 19.5 Å². The molecule has 6 heteroatoms. The minimum atomic E-state index is -0.0923. The first-order valence-corrected chi connectivity index (χ1v) is 10.0. The quantitative estimate of drug-likeness (QED) is 0.655. The van der Waals surface area contributed by atoms with E-state index >= 15 is 0 Å². The predicted octanol–water partition coefficient (Wildman–Crippen LogP) is 4.99. The molecule has 3 aromatic rings. The molecule has 1 N–H and O–H groups in total. The highest BCUT2D eigenvalue weighted by atomic mass is 35.5. The Balaban J connectivity index is 0.00000225. The van der Waals surface area contributed by atoms with Crippen LogP contribution in [0.5, 0.6) is 0 Å². The summed E-state index contributed by atoms with van der Waals surface area (Å²) in [6.45, 7) is 6.91. The highest BCUT2D eigenvalue weighted by Crippen LogP contribution is 2.29. The number of carbonyl (C=O) groups excluding carboxylic acids is 1. The molecule has 0 spiro atoms. The maximum atomic E-state index is 12.5. The van der Waals surface area contributed by atoms with Crippen molar-refractivity contribution in [3.8, 4) is 0 Å². The molecule has 1 aliphatic heterocycles. The standard InChI is InChI=1S/C22H23N3OS.ClH/c1-15-8-9-18(12-16(15)2)21(26)24-22-23-19-10-11-25(14-20(19)27-22)13-17-6-4-3-5-7-17;/h3-9,12H,10-11,13-14H2,1-2H3,(H,23,24,26);1H. The number of amides is 1. The lowest BCUT2D eigenvalue weighted by Gasteiger charge is -2.25. The Morgan fingerprint density at radius 1 is 1.14 bits per heavy atom. The fourth-order valence-corrected chi connectivity index (χ4v) is 4.38. The van der Waals surface area contributed by atoms with Gasteiger partial charge in [0.05, 0.1) is 5.69 Å². The molecule has 0 atom stereocenters. The van der Waals surface area contributed by atoms with E-state index in [0.717, 1.165) is 37.3 Å². The van der Waals surface area contributed by atoms with E-state index in [2.05, 4.69) is 39.5 Å². The second-order valence-electron chi connectivity index (χ2n) is 7.09. The summed E-state index contributed by atoms with van der Waals surface area (Å²) < 4.78 is 0. The number of thiazole rings is 1. The summed E-state index contributed by atoms with van der Waals surface area (Å²) in [6.07, 6.45) is 0.929. The molecule has 0 radical (unpaired) electrons. The molecular formula is C22H24ClN3OS. The van der Waals surface area contributed by atoms with Gasteiger partial charge in [-0.15, -0.1) is 23.7 Å². The summed E-state index contributed by atoms with van der Waals surface area (Å²) in [5.41, 5.74) is 5.44. The molecule has 0 saturated heterocycles. The molecule has 1 aromatic heterocycles. The van der Waals surface area contributed by atoms with Gasteiger partial charge in [-0.1, -0.05) is 36.4 Å². The minimum absolute atomic E-state index is 0. The first-order chi connectivity index (χ1) is 13.1. The van der Waals surface area contributed by atoms with E-state index in [9.17, 15) is 4.79 Å². The van der Waals surface area contributed by atoms with Crippen molar-refractivity contribution in [1.82, 2.24) is 9.88 Å². The molecular weight excluding hydrogens is 390 g/mol. The summed E-state index contributed by atoms with van der Waals surface area (Å²) in [5, 5.41) is 3.68. The van der Waals surface area contributed by atoms with E-state index in [-0.39, 0.29) is 18.3 Å². The molecule has 146 valence electrons. The lowest BCUT2D eigenvalue weighted by Crippen LogP contribution is -2.29. The number of rotatable bonds is 4. The van der Waals surface area contributed by atoms with Gasteiger partial charge in [0.25, 0.3) is 5.91 Å². The number of fused-ring (bicyclic) bond motifs is 1. The number of anilines is 1. The molecule has 0 unspecified atom stereocenters. The second kappa shape index (κ2) is 8.86. The van der Waals surface area contributed by atoms with Crippen molar-refractivity contribution >= 4 is 34.8 Å². The second-order valence-corrected chi connectivity index (χ2v) is 8.17. The zero-order chi connectivity index (χ0) is 18.8. The first-order valence-electron chi connectivity index (χ1n) is 9.22. The van der Waals surface area contributed by atoms with Crippen LogP contribution < -0.4 is 5.32 Å². The zero-order valence-corrected chi connectivity index (χ0v) is 17.7. The molecule has 1 amide bonds. The van der Waals surface area contributed by atoms with Crippen LogP contribution in [0.25, 0.3) is 0 Å². The zero-order valence-electron chi connectivity index (χ0n) is 16.1. The van der Waals surface area contributed by atoms with Crippen molar-refractivity contribution in [3.05, 3.63) is 81.4 Å². The van der Waals surface area contributed by atoms with Crippen LogP contribution in [0.3, 0.4) is 0 Å². The highest BCUT2D eigenvalue weighted by Gasteiger charge is 2.21.